The summed E-state index contributed by atoms with van der Waals surface area (Å²) in [5.74, 6) is 0.964. The van der Waals surface area contributed by atoms with Gasteiger partial charge in [0, 0.05) is 25.5 Å². The predicted molar refractivity (Wildman–Crippen MR) is 148 cm³/mol. The number of piperazine rings is 1. The smallest absolute Gasteiger partial charge is 0.399 e. The summed E-state index contributed by atoms with van der Waals surface area (Å²) in [7, 11) is 1.75. The molecule has 3 fully saturated rings. The lowest BCUT2D eigenvalue weighted by molar-refractivity contribution is -0.944. The van der Waals surface area contributed by atoms with E-state index >= 15 is 0 Å². The van der Waals surface area contributed by atoms with E-state index in [-0.39, 0.29) is 29.7 Å². The molecule has 1 aromatic heterocycles. The number of imide groups is 1. The Morgan fingerprint density at radius 3 is 2.47 bits per heavy atom. The number of anilines is 1. The Hall–Kier alpha value is -2.72. The van der Waals surface area contributed by atoms with Crippen molar-refractivity contribution in [2.45, 2.75) is 45.4 Å². The number of unbranched alkanes of at least 4 members (excludes halogenated alkanes) is 1. The number of carbonyl (C=O) groups excluding carboxylic acids is 3. The van der Waals surface area contributed by atoms with Gasteiger partial charge in [0.25, 0.3) is 0 Å². The lowest BCUT2D eigenvalue weighted by atomic mass is 9.81. The number of likely N-dealkylation sites (tertiary alicyclic amines) is 1. The molecule has 9 nitrogen and oxygen atoms in total. The number of fused-ring (bicyclic) bond motifs is 2. The molecule has 3 heterocycles. The predicted octanol–water partition coefficient (Wildman–Crippen LogP) is 3.93. The Bertz CT molecular complexity index is 1140. The quantitative estimate of drug-likeness (QED) is 0.271. The van der Waals surface area contributed by atoms with E-state index in [1.54, 1.807) is 11.9 Å². The fourth-order valence-corrected chi connectivity index (χ4v) is 7.01. The number of nitrogens with zero attached hydrogens (tertiary/aromatic N) is 5. The number of aromatic nitrogens is 1. The van der Waals surface area contributed by atoms with E-state index in [0.29, 0.717) is 24.3 Å². The Kier molecular flexibility index (Phi) is 8.18. The van der Waals surface area contributed by atoms with E-state index in [1.165, 1.54) is 26.5 Å². The van der Waals surface area contributed by atoms with Crippen molar-refractivity contribution in [3.05, 3.63) is 24.3 Å². The maximum Gasteiger partial charge on any atom is 0.413 e. The molecule has 2 atom stereocenters. The van der Waals surface area contributed by atoms with Crippen molar-refractivity contribution in [1.29, 1.82) is 0 Å². The highest BCUT2D eigenvalue weighted by Crippen LogP contribution is 2.38. The number of amides is 3. The van der Waals surface area contributed by atoms with Crippen LogP contribution in [-0.2, 0) is 14.3 Å². The van der Waals surface area contributed by atoms with E-state index < -0.39 is 0 Å². The molecule has 0 spiro atoms. The van der Waals surface area contributed by atoms with E-state index in [9.17, 15) is 14.4 Å². The van der Waals surface area contributed by atoms with Crippen molar-refractivity contribution in [1.82, 2.24) is 14.2 Å². The van der Waals surface area contributed by atoms with Gasteiger partial charge in [-0.2, -0.15) is 4.37 Å². The molecule has 2 aliphatic heterocycles. The highest BCUT2D eigenvalue weighted by molar-refractivity contribution is 7.13. The zero-order valence-electron chi connectivity index (χ0n) is 22.6. The standard InChI is InChI=1S/C28H40N5O4S/c1-3-30(2)28(36)37-20-33(17-9-8-14-32-26(34)21-10-4-5-11-22(21)27(32)35)18-15-31(16-19-33)25-23-12-6-7-13-24(23)38-29-25/h6-7,12-13,21-22H,3-5,8-11,14-20H2,1-2H3/q+1. The zero-order chi connectivity index (χ0) is 26.7. The summed E-state index contributed by atoms with van der Waals surface area (Å²) in [5, 5.41) is 1.19. The maximum atomic E-state index is 12.8. The average molecular weight is 543 g/mol. The third-order valence-corrected chi connectivity index (χ3v) is 9.61. The zero-order valence-corrected chi connectivity index (χ0v) is 23.5. The van der Waals surface area contributed by atoms with Gasteiger partial charge in [0.2, 0.25) is 18.5 Å². The molecule has 206 valence electrons. The van der Waals surface area contributed by atoms with E-state index in [0.717, 1.165) is 77.1 Å². The molecule has 1 aliphatic carbocycles. The SMILES string of the molecule is CCN(C)C(=O)OC[N+]1(CCCCN2C(=O)C3CCCCC3C2=O)CCN(c2nsc3ccccc23)CC1. The summed E-state index contributed by atoms with van der Waals surface area (Å²) in [6, 6.07) is 8.33. The number of quaternary nitrogens is 1. The molecule has 5 rings (SSSR count). The highest BCUT2D eigenvalue weighted by Gasteiger charge is 2.47. The number of hydrogen-bond acceptors (Lipinski definition) is 7. The van der Waals surface area contributed by atoms with Crippen LogP contribution in [0.25, 0.3) is 10.1 Å². The van der Waals surface area contributed by atoms with Crippen LogP contribution in [0, 0.1) is 11.8 Å². The Labute approximate surface area is 229 Å². The number of carbonyl (C=O) groups is 3. The lowest BCUT2D eigenvalue weighted by Gasteiger charge is -2.44. The Morgan fingerprint density at radius 2 is 1.79 bits per heavy atom. The van der Waals surface area contributed by atoms with E-state index in [2.05, 4.69) is 23.1 Å². The van der Waals surface area contributed by atoms with Gasteiger partial charge in [0.15, 0.2) is 5.82 Å². The van der Waals surface area contributed by atoms with Gasteiger partial charge in [-0.25, -0.2) is 4.79 Å². The van der Waals surface area contributed by atoms with Crippen LogP contribution in [0.3, 0.4) is 0 Å². The summed E-state index contributed by atoms with van der Waals surface area (Å²) < 4.78 is 12.4. The molecule has 0 N–H and O–H groups in total. The van der Waals surface area contributed by atoms with Crippen molar-refractivity contribution in [3.63, 3.8) is 0 Å². The highest BCUT2D eigenvalue weighted by atomic mass is 32.1. The number of rotatable bonds is 9. The van der Waals surface area contributed by atoms with Crippen molar-refractivity contribution in [2.24, 2.45) is 11.8 Å². The minimum atomic E-state index is -0.297. The first-order chi connectivity index (χ1) is 18.4. The van der Waals surface area contributed by atoms with Gasteiger partial charge in [-0.05, 0) is 56.3 Å². The second-order valence-electron chi connectivity index (χ2n) is 11.1. The van der Waals surface area contributed by atoms with Crippen molar-refractivity contribution < 1.29 is 23.6 Å². The minimum Gasteiger partial charge on any atom is -0.399 e. The van der Waals surface area contributed by atoms with E-state index in [1.807, 2.05) is 13.0 Å². The van der Waals surface area contributed by atoms with Crippen molar-refractivity contribution in [3.8, 4) is 0 Å². The third-order valence-electron chi connectivity index (χ3n) is 8.79. The topological polar surface area (TPSA) is 83.0 Å². The van der Waals surface area contributed by atoms with Crippen LogP contribution in [0.15, 0.2) is 24.3 Å². The van der Waals surface area contributed by atoms with Crippen LogP contribution in [-0.4, -0.2) is 96.2 Å². The molecule has 2 aromatic rings. The van der Waals surface area contributed by atoms with Crippen molar-refractivity contribution >= 4 is 45.3 Å². The van der Waals surface area contributed by atoms with Gasteiger partial charge >= 0.3 is 6.09 Å². The second-order valence-corrected chi connectivity index (χ2v) is 11.9. The Balaban J connectivity index is 1.20. The first kappa shape index (κ1) is 26.9. The van der Waals surface area contributed by atoms with Gasteiger partial charge in [0.05, 0.1) is 49.3 Å². The summed E-state index contributed by atoms with van der Waals surface area (Å²) in [6.45, 7) is 7.57. The average Bonchev–Trinajstić information content (AvgIpc) is 3.49. The molecular formula is C28H40N5O4S+. The Morgan fingerprint density at radius 1 is 1.11 bits per heavy atom. The third kappa shape index (κ3) is 5.38. The summed E-state index contributed by atoms with van der Waals surface area (Å²) in [5.41, 5.74) is 0. The van der Waals surface area contributed by atoms with Crippen molar-refractivity contribution in [2.75, 3.05) is 64.5 Å². The number of hydrogen-bond donors (Lipinski definition) is 0. The molecule has 0 bridgehead atoms. The fraction of sp³-hybridized carbons (Fsp3) is 0.643. The molecular weight excluding hydrogens is 502 g/mol. The summed E-state index contributed by atoms with van der Waals surface area (Å²) in [4.78, 5) is 43.6. The van der Waals surface area contributed by atoms with Gasteiger partial charge in [-0.15, -0.1) is 0 Å². The molecule has 0 radical (unpaired) electrons. The van der Waals surface area contributed by atoms with Gasteiger partial charge < -0.3 is 14.5 Å². The number of ether oxygens (including phenoxy) is 1. The summed E-state index contributed by atoms with van der Waals surface area (Å²) in [6.07, 6.45) is 5.16. The fourth-order valence-electron chi connectivity index (χ4n) is 6.22. The molecule has 1 saturated carbocycles. The molecule has 2 saturated heterocycles. The van der Waals surface area contributed by atoms with Crippen LogP contribution in [0.2, 0.25) is 0 Å². The van der Waals surface area contributed by atoms with Crippen LogP contribution in [0.5, 0.6) is 0 Å². The normalized spacial score (nSPS) is 23.1. The number of benzene rings is 1. The maximum absolute atomic E-state index is 12.8. The molecule has 3 amide bonds. The minimum absolute atomic E-state index is 0.0456. The molecule has 38 heavy (non-hydrogen) atoms. The first-order valence-corrected chi connectivity index (χ1v) is 14.9. The van der Waals surface area contributed by atoms with Gasteiger partial charge in [-0.1, -0.05) is 25.0 Å². The van der Waals surface area contributed by atoms with Crippen LogP contribution >= 0.6 is 11.5 Å². The van der Waals surface area contributed by atoms with Gasteiger partial charge in [-0.3, -0.25) is 19.0 Å². The second kappa shape index (κ2) is 11.6. The molecule has 1 aromatic carbocycles. The van der Waals surface area contributed by atoms with Gasteiger partial charge in [0.1, 0.15) is 0 Å². The van der Waals surface area contributed by atoms with Crippen LogP contribution in [0.4, 0.5) is 10.6 Å². The lowest BCUT2D eigenvalue weighted by Crippen LogP contribution is -2.61. The molecule has 3 aliphatic rings. The molecule has 10 heteroatoms. The van der Waals surface area contributed by atoms with Crippen LogP contribution in [0.1, 0.15) is 45.4 Å². The van der Waals surface area contributed by atoms with E-state index in [4.69, 9.17) is 9.11 Å². The van der Waals surface area contributed by atoms with Crippen LogP contribution < -0.4 is 4.90 Å². The monoisotopic (exact) mass is 542 g/mol. The first-order valence-electron chi connectivity index (χ1n) is 14.1. The molecule has 2 unspecified atom stereocenters. The summed E-state index contributed by atoms with van der Waals surface area (Å²) >= 11 is 1.53. The largest absolute Gasteiger partial charge is 0.413 e.